The molecule has 6 rings (SSSR count). The number of piperidine rings is 1. The molecular formula is C26H30FN7O3. The zero-order chi connectivity index (χ0) is 25.5. The number of morpholine rings is 1. The van der Waals surface area contributed by atoms with Gasteiger partial charge in [0.05, 0.1) is 31.2 Å². The van der Waals surface area contributed by atoms with Crippen LogP contribution in [0.4, 0.5) is 10.2 Å². The van der Waals surface area contributed by atoms with Gasteiger partial charge in [0.15, 0.2) is 22.8 Å². The summed E-state index contributed by atoms with van der Waals surface area (Å²) < 4.78 is 22.9. The van der Waals surface area contributed by atoms with Gasteiger partial charge in [-0.3, -0.25) is 9.69 Å². The van der Waals surface area contributed by atoms with Gasteiger partial charge < -0.3 is 24.3 Å². The summed E-state index contributed by atoms with van der Waals surface area (Å²) in [6.07, 6.45) is 3.05. The number of benzene rings is 1. The van der Waals surface area contributed by atoms with Crippen LogP contribution in [0.2, 0.25) is 0 Å². The first-order valence-electron chi connectivity index (χ1n) is 12.8. The number of carbonyl (C=O) groups is 1. The molecule has 11 heteroatoms. The summed E-state index contributed by atoms with van der Waals surface area (Å²) in [7, 11) is 0. The van der Waals surface area contributed by atoms with Crippen molar-refractivity contribution in [3.8, 4) is 11.4 Å². The normalized spacial score (nSPS) is 17.7. The van der Waals surface area contributed by atoms with Gasteiger partial charge in [0, 0.05) is 36.7 Å². The maximum absolute atomic E-state index is 15.2. The monoisotopic (exact) mass is 507 g/mol. The zero-order valence-corrected chi connectivity index (χ0v) is 20.8. The number of anilines is 1. The Hall–Kier alpha value is -3.57. The Balaban J connectivity index is 1.46. The zero-order valence-electron chi connectivity index (χ0n) is 20.8. The quantitative estimate of drug-likeness (QED) is 0.409. The number of carboxylic acids is 1. The van der Waals surface area contributed by atoms with Crippen molar-refractivity contribution in [2.45, 2.75) is 32.9 Å². The molecular weight excluding hydrogens is 477 g/mol. The van der Waals surface area contributed by atoms with E-state index in [4.69, 9.17) is 19.7 Å². The van der Waals surface area contributed by atoms with Crippen LogP contribution in [-0.2, 0) is 22.6 Å². The molecule has 0 spiro atoms. The molecule has 3 aromatic heterocycles. The number of halogens is 1. The summed E-state index contributed by atoms with van der Waals surface area (Å²) in [5.41, 5.74) is 2.57. The fourth-order valence-electron chi connectivity index (χ4n) is 5.46. The van der Waals surface area contributed by atoms with E-state index < -0.39 is 5.97 Å². The molecule has 2 aliphatic heterocycles. The fourth-order valence-corrected chi connectivity index (χ4v) is 5.46. The second-order valence-electron chi connectivity index (χ2n) is 9.66. The average Bonchev–Trinajstić information content (AvgIpc) is 3.53. The van der Waals surface area contributed by atoms with Gasteiger partial charge in [0.1, 0.15) is 11.6 Å². The standard InChI is InChI=1S/C26H30FN7O3/c1-2-34-20(15-32-9-6-16(7-10-32)26(35)36)29-22-24(33-11-13-37-14-12-33)30-23(31-25(22)34)21-17-5-8-28-19(17)4-3-18(21)27/h3-5,8,16,28H,2,6-7,9-15H2,1H3,(H,35,36). The van der Waals surface area contributed by atoms with Gasteiger partial charge in [-0.15, -0.1) is 0 Å². The predicted molar refractivity (Wildman–Crippen MR) is 137 cm³/mol. The van der Waals surface area contributed by atoms with Gasteiger partial charge in [-0.05, 0) is 51.1 Å². The molecule has 37 heavy (non-hydrogen) atoms. The van der Waals surface area contributed by atoms with Crippen LogP contribution in [0.1, 0.15) is 25.6 Å². The van der Waals surface area contributed by atoms with Crippen molar-refractivity contribution in [1.29, 1.82) is 0 Å². The average molecular weight is 508 g/mol. The summed E-state index contributed by atoms with van der Waals surface area (Å²) >= 11 is 0. The van der Waals surface area contributed by atoms with Gasteiger partial charge in [0.25, 0.3) is 0 Å². The molecule has 2 N–H and O–H groups in total. The minimum absolute atomic E-state index is 0.284. The van der Waals surface area contributed by atoms with Crippen LogP contribution < -0.4 is 4.90 Å². The Morgan fingerprint density at radius 3 is 2.65 bits per heavy atom. The molecule has 0 atom stereocenters. The summed E-state index contributed by atoms with van der Waals surface area (Å²) in [6, 6.07) is 5.01. The third-order valence-electron chi connectivity index (χ3n) is 7.49. The molecule has 4 aromatic rings. The lowest BCUT2D eigenvalue weighted by Crippen LogP contribution is -2.37. The molecule has 2 fully saturated rings. The maximum Gasteiger partial charge on any atom is 0.306 e. The number of hydrogen-bond donors (Lipinski definition) is 2. The van der Waals surface area contributed by atoms with Gasteiger partial charge in [-0.2, -0.15) is 0 Å². The number of ether oxygens (including phenoxy) is 1. The molecule has 0 saturated carbocycles. The Kier molecular flexibility index (Phi) is 6.25. The van der Waals surface area contributed by atoms with Gasteiger partial charge in [0.2, 0.25) is 0 Å². The molecule has 1 aromatic carbocycles. The van der Waals surface area contributed by atoms with Crippen molar-refractivity contribution in [2.75, 3.05) is 44.3 Å². The first kappa shape index (κ1) is 23.8. The third kappa shape index (κ3) is 4.31. The highest BCUT2D eigenvalue weighted by Crippen LogP contribution is 2.34. The van der Waals surface area contributed by atoms with Crippen molar-refractivity contribution in [3.63, 3.8) is 0 Å². The lowest BCUT2D eigenvalue weighted by molar-refractivity contribution is -0.143. The van der Waals surface area contributed by atoms with E-state index in [0.717, 1.165) is 16.7 Å². The number of rotatable bonds is 6. The highest BCUT2D eigenvalue weighted by atomic mass is 19.1. The van der Waals surface area contributed by atoms with E-state index in [2.05, 4.69) is 19.4 Å². The minimum Gasteiger partial charge on any atom is -0.481 e. The molecule has 10 nitrogen and oxygen atoms in total. The summed E-state index contributed by atoms with van der Waals surface area (Å²) in [5.74, 6) is 0.501. The number of carboxylic acid groups (broad SMARTS) is 1. The topological polar surface area (TPSA) is 112 Å². The van der Waals surface area contributed by atoms with E-state index in [-0.39, 0.29) is 11.7 Å². The summed E-state index contributed by atoms with van der Waals surface area (Å²) in [5, 5.41) is 10.1. The SMILES string of the molecule is CCn1c(CN2CCC(C(=O)O)CC2)nc2c(N3CCOCC3)nc(-c3c(F)ccc4[nH]ccc34)nc21. The van der Waals surface area contributed by atoms with Crippen molar-refractivity contribution in [2.24, 2.45) is 5.92 Å². The van der Waals surface area contributed by atoms with Crippen molar-refractivity contribution >= 4 is 33.9 Å². The number of fused-ring (bicyclic) bond motifs is 2. The van der Waals surface area contributed by atoms with Crippen molar-refractivity contribution < 1.29 is 19.0 Å². The van der Waals surface area contributed by atoms with E-state index in [1.54, 1.807) is 12.3 Å². The van der Waals surface area contributed by atoms with Gasteiger partial charge in [-0.25, -0.2) is 19.3 Å². The Labute approximate surface area is 213 Å². The van der Waals surface area contributed by atoms with Crippen molar-refractivity contribution in [1.82, 2.24) is 29.4 Å². The number of hydrogen-bond acceptors (Lipinski definition) is 7. The minimum atomic E-state index is -0.719. The highest BCUT2D eigenvalue weighted by molar-refractivity contribution is 5.95. The van der Waals surface area contributed by atoms with Crippen LogP contribution in [0.15, 0.2) is 24.4 Å². The first-order chi connectivity index (χ1) is 18.0. The van der Waals surface area contributed by atoms with E-state index >= 15 is 4.39 Å². The molecule has 194 valence electrons. The number of aromatic nitrogens is 5. The number of aromatic amines is 1. The Bertz CT molecular complexity index is 1450. The lowest BCUT2D eigenvalue weighted by Gasteiger charge is -2.29. The number of H-pyrrole nitrogens is 1. The highest BCUT2D eigenvalue weighted by Gasteiger charge is 2.28. The molecule has 5 heterocycles. The van der Waals surface area contributed by atoms with E-state index in [1.807, 2.05) is 13.0 Å². The molecule has 0 aliphatic carbocycles. The number of likely N-dealkylation sites (tertiary alicyclic amines) is 1. The molecule has 2 saturated heterocycles. The largest absolute Gasteiger partial charge is 0.481 e. The molecule has 0 radical (unpaired) electrons. The van der Waals surface area contributed by atoms with Crippen LogP contribution in [0.5, 0.6) is 0 Å². The van der Waals surface area contributed by atoms with Crippen LogP contribution in [0.25, 0.3) is 33.5 Å². The van der Waals surface area contributed by atoms with Crippen molar-refractivity contribution in [3.05, 3.63) is 36.0 Å². The van der Waals surface area contributed by atoms with E-state index in [9.17, 15) is 9.90 Å². The second-order valence-corrected chi connectivity index (χ2v) is 9.66. The van der Waals surface area contributed by atoms with Gasteiger partial charge >= 0.3 is 5.97 Å². The summed E-state index contributed by atoms with van der Waals surface area (Å²) in [4.78, 5) is 33.7. The molecule has 0 amide bonds. The number of aliphatic carboxylic acids is 1. The smallest absolute Gasteiger partial charge is 0.306 e. The number of nitrogens with zero attached hydrogens (tertiary/aromatic N) is 6. The van der Waals surface area contributed by atoms with Crippen LogP contribution in [0.3, 0.4) is 0 Å². The van der Waals surface area contributed by atoms with Crippen LogP contribution >= 0.6 is 0 Å². The lowest BCUT2D eigenvalue weighted by atomic mass is 9.97. The van der Waals surface area contributed by atoms with Crippen LogP contribution in [-0.4, -0.2) is 79.9 Å². The predicted octanol–water partition coefficient (Wildman–Crippen LogP) is 3.27. The molecule has 0 bridgehead atoms. The second kappa shape index (κ2) is 9.71. The van der Waals surface area contributed by atoms with Crippen LogP contribution in [0, 0.1) is 11.7 Å². The summed E-state index contributed by atoms with van der Waals surface area (Å²) in [6.45, 7) is 7.20. The van der Waals surface area contributed by atoms with E-state index in [1.165, 1.54) is 6.07 Å². The van der Waals surface area contributed by atoms with E-state index in [0.29, 0.717) is 93.7 Å². The maximum atomic E-state index is 15.2. The number of aryl methyl sites for hydroxylation is 1. The van der Waals surface area contributed by atoms with Gasteiger partial charge in [-0.1, -0.05) is 0 Å². The Morgan fingerprint density at radius 1 is 1.14 bits per heavy atom. The first-order valence-corrected chi connectivity index (χ1v) is 12.8. The molecule has 2 aliphatic rings. The Morgan fingerprint density at radius 2 is 1.92 bits per heavy atom. The number of nitrogens with one attached hydrogen (secondary N) is 1. The number of imidazole rings is 1. The third-order valence-corrected chi connectivity index (χ3v) is 7.49. The fraction of sp³-hybridized carbons (Fsp3) is 0.462. The molecule has 0 unspecified atom stereocenters.